The number of hydrogen-bond donors (Lipinski definition) is 0. The maximum Gasteiger partial charge on any atom is 0.306 e. The van der Waals surface area contributed by atoms with Crippen LogP contribution in [0.1, 0.15) is 30.1 Å². The summed E-state index contributed by atoms with van der Waals surface area (Å²) in [5.41, 5.74) is 0.311. The van der Waals surface area contributed by atoms with Crippen LogP contribution in [0.25, 0.3) is 0 Å². The molecule has 5 heteroatoms. The van der Waals surface area contributed by atoms with Crippen molar-refractivity contribution in [2.75, 3.05) is 13.7 Å². The van der Waals surface area contributed by atoms with E-state index < -0.39 is 5.97 Å². The fourth-order valence-corrected chi connectivity index (χ4v) is 1.79. The molecule has 0 bridgehead atoms. The predicted octanol–water partition coefficient (Wildman–Crippen LogP) is 2.87. The van der Waals surface area contributed by atoms with Crippen LogP contribution in [0, 0.1) is 0 Å². The molecule has 0 aliphatic heterocycles. The number of methoxy groups -OCH3 is 1. The maximum absolute atomic E-state index is 12.0. The maximum atomic E-state index is 12.0. The number of ketones is 1. The Kier molecular flexibility index (Phi) is 5.65. The van der Waals surface area contributed by atoms with Gasteiger partial charge in [0.2, 0.25) is 0 Å². The van der Waals surface area contributed by atoms with E-state index in [4.69, 9.17) is 21.1 Å². The van der Waals surface area contributed by atoms with Crippen molar-refractivity contribution in [1.29, 1.82) is 0 Å². The largest absolute Gasteiger partial charge is 0.496 e. The molecule has 0 radical (unpaired) electrons. The number of esters is 1. The molecule has 18 heavy (non-hydrogen) atoms. The van der Waals surface area contributed by atoms with Crippen LogP contribution in [0.4, 0.5) is 0 Å². The van der Waals surface area contributed by atoms with Gasteiger partial charge in [-0.25, -0.2) is 0 Å². The van der Waals surface area contributed by atoms with Crippen LogP contribution in [-0.2, 0) is 9.53 Å². The number of carbonyl (C=O) groups excluding carboxylic acids is 2. The van der Waals surface area contributed by atoms with E-state index in [0.29, 0.717) is 22.9 Å². The highest BCUT2D eigenvalue weighted by molar-refractivity contribution is 6.34. The Bertz CT molecular complexity index is 443. The lowest BCUT2D eigenvalue weighted by Gasteiger charge is -2.09. The average Bonchev–Trinajstić information content (AvgIpc) is 2.36. The first-order valence-electron chi connectivity index (χ1n) is 5.61. The van der Waals surface area contributed by atoms with Crippen molar-refractivity contribution in [3.05, 3.63) is 28.8 Å². The second kappa shape index (κ2) is 7.01. The Labute approximate surface area is 111 Å². The summed E-state index contributed by atoms with van der Waals surface area (Å²) >= 11 is 5.96. The van der Waals surface area contributed by atoms with Gasteiger partial charge in [0.25, 0.3) is 0 Å². The molecular formula is C13H15ClO4. The smallest absolute Gasteiger partial charge is 0.306 e. The van der Waals surface area contributed by atoms with E-state index in [1.165, 1.54) is 7.11 Å². The Hall–Kier alpha value is -1.55. The number of ether oxygens (including phenoxy) is 2. The summed E-state index contributed by atoms with van der Waals surface area (Å²) in [7, 11) is 1.47. The number of halogens is 1. The van der Waals surface area contributed by atoms with Crippen LogP contribution in [0.15, 0.2) is 18.2 Å². The van der Waals surface area contributed by atoms with Gasteiger partial charge in [-0.3, -0.25) is 9.59 Å². The van der Waals surface area contributed by atoms with E-state index in [1.807, 2.05) is 0 Å². The van der Waals surface area contributed by atoms with E-state index in [0.717, 1.165) is 0 Å². The summed E-state index contributed by atoms with van der Waals surface area (Å²) in [6, 6.07) is 4.97. The number of carbonyl (C=O) groups is 2. The Morgan fingerprint density at radius 1 is 1.28 bits per heavy atom. The molecule has 0 unspecified atom stereocenters. The fourth-order valence-electron chi connectivity index (χ4n) is 1.52. The molecule has 0 aromatic heterocycles. The number of Topliss-reactive ketones (excluding diaryl/α,β-unsaturated/α-hetero) is 1. The Morgan fingerprint density at radius 3 is 2.61 bits per heavy atom. The van der Waals surface area contributed by atoms with Crippen molar-refractivity contribution in [2.45, 2.75) is 19.8 Å². The Morgan fingerprint density at radius 2 is 2.00 bits per heavy atom. The van der Waals surface area contributed by atoms with Crippen molar-refractivity contribution in [1.82, 2.24) is 0 Å². The van der Waals surface area contributed by atoms with Gasteiger partial charge in [0, 0.05) is 6.42 Å². The molecule has 98 valence electrons. The van der Waals surface area contributed by atoms with Gasteiger partial charge in [0.1, 0.15) is 5.75 Å². The minimum absolute atomic E-state index is 0.0427. The minimum atomic E-state index is -0.392. The molecule has 1 aromatic rings. The first kappa shape index (κ1) is 14.5. The zero-order valence-corrected chi connectivity index (χ0v) is 11.1. The molecule has 4 nitrogen and oxygen atoms in total. The van der Waals surface area contributed by atoms with Crippen LogP contribution in [0.3, 0.4) is 0 Å². The summed E-state index contributed by atoms with van der Waals surface area (Å²) in [6.07, 6.45) is 0.0972. The molecule has 0 saturated carbocycles. The molecule has 0 spiro atoms. The second-order valence-electron chi connectivity index (χ2n) is 3.55. The molecule has 1 aromatic carbocycles. The summed E-state index contributed by atoms with van der Waals surface area (Å²) in [4.78, 5) is 23.2. The highest BCUT2D eigenvalue weighted by Gasteiger charge is 2.17. The molecule has 0 saturated heterocycles. The lowest BCUT2D eigenvalue weighted by Crippen LogP contribution is -2.09. The van der Waals surface area contributed by atoms with E-state index in [9.17, 15) is 9.59 Å². The molecule has 1 rings (SSSR count). The summed E-state index contributed by atoms with van der Waals surface area (Å²) in [5.74, 6) is -0.210. The quantitative estimate of drug-likeness (QED) is 0.589. The third-order valence-corrected chi connectivity index (χ3v) is 2.65. The SMILES string of the molecule is CCOC(=O)CCC(=O)c1c(Cl)cccc1OC. The summed E-state index contributed by atoms with van der Waals surface area (Å²) in [5, 5.41) is 0.322. The first-order valence-corrected chi connectivity index (χ1v) is 5.99. The van der Waals surface area contributed by atoms with Gasteiger partial charge < -0.3 is 9.47 Å². The van der Waals surface area contributed by atoms with E-state index in [1.54, 1.807) is 25.1 Å². The molecule has 0 N–H and O–H groups in total. The van der Waals surface area contributed by atoms with Crippen LogP contribution in [-0.4, -0.2) is 25.5 Å². The lowest BCUT2D eigenvalue weighted by atomic mass is 10.1. The van der Waals surface area contributed by atoms with E-state index in [-0.39, 0.29) is 18.6 Å². The van der Waals surface area contributed by atoms with Gasteiger partial charge in [-0.2, -0.15) is 0 Å². The van der Waals surface area contributed by atoms with Crippen molar-refractivity contribution in [2.24, 2.45) is 0 Å². The first-order chi connectivity index (χ1) is 8.60. The molecule has 0 aliphatic rings. The average molecular weight is 271 g/mol. The summed E-state index contributed by atoms with van der Waals surface area (Å²) < 4.78 is 9.84. The zero-order chi connectivity index (χ0) is 13.5. The second-order valence-corrected chi connectivity index (χ2v) is 3.95. The monoisotopic (exact) mass is 270 g/mol. The lowest BCUT2D eigenvalue weighted by molar-refractivity contribution is -0.143. The fraction of sp³-hybridized carbons (Fsp3) is 0.385. The van der Waals surface area contributed by atoms with Gasteiger partial charge >= 0.3 is 5.97 Å². The molecule has 0 aliphatic carbocycles. The van der Waals surface area contributed by atoms with Crippen molar-refractivity contribution in [3.8, 4) is 5.75 Å². The van der Waals surface area contributed by atoms with Crippen LogP contribution in [0.2, 0.25) is 5.02 Å². The van der Waals surface area contributed by atoms with Gasteiger partial charge in [-0.05, 0) is 19.1 Å². The Balaban J connectivity index is 2.75. The van der Waals surface area contributed by atoms with Gasteiger partial charge in [0.05, 0.1) is 30.7 Å². The number of rotatable bonds is 6. The summed E-state index contributed by atoms with van der Waals surface area (Å²) in [6.45, 7) is 2.03. The van der Waals surface area contributed by atoms with Crippen molar-refractivity contribution in [3.63, 3.8) is 0 Å². The normalized spacial score (nSPS) is 9.94. The highest BCUT2D eigenvalue weighted by atomic mass is 35.5. The third-order valence-electron chi connectivity index (χ3n) is 2.34. The van der Waals surface area contributed by atoms with Gasteiger partial charge in [-0.1, -0.05) is 17.7 Å². The van der Waals surface area contributed by atoms with E-state index in [2.05, 4.69) is 0 Å². The number of benzene rings is 1. The standard InChI is InChI=1S/C13H15ClO4/c1-3-18-12(16)8-7-10(15)13-9(14)5-4-6-11(13)17-2/h4-6H,3,7-8H2,1-2H3. The molecular weight excluding hydrogens is 256 g/mol. The topological polar surface area (TPSA) is 52.6 Å². The molecule has 0 atom stereocenters. The predicted molar refractivity (Wildman–Crippen MR) is 68.2 cm³/mol. The third kappa shape index (κ3) is 3.74. The van der Waals surface area contributed by atoms with Gasteiger partial charge in [0.15, 0.2) is 5.78 Å². The van der Waals surface area contributed by atoms with Crippen LogP contribution >= 0.6 is 11.6 Å². The molecule has 0 amide bonds. The van der Waals surface area contributed by atoms with E-state index >= 15 is 0 Å². The van der Waals surface area contributed by atoms with Gasteiger partial charge in [-0.15, -0.1) is 0 Å². The zero-order valence-electron chi connectivity index (χ0n) is 10.4. The molecule has 0 heterocycles. The van der Waals surface area contributed by atoms with Crippen LogP contribution < -0.4 is 4.74 Å². The van der Waals surface area contributed by atoms with Crippen molar-refractivity contribution < 1.29 is 19.1 Å². The van der Waals surface area contributed by atoms with Crippen molar-refractivity contribution >= 4 is 23.4 Å². The van der Waals surface area contributed by atoms with Crippen LogP contribution in [0.5, 0.6) is 5.75 Å². The molecule has 0 fully saturated rings. The highest BCUT2D eigenvalue weighted by Crippen LogP contribution is 2.27. The minimum Gasteiger partial charge on any atom is -0.496 e. The number of hydrogen-bond acceptors (Lipinski definition) is 4.